The fourth-order valence-corrected chi connectivity index (χ4v) is 3.99. The number of thioether (sulfide) groups is 1. The van der Waals surface area contributed by atoms with E-state index >= 15 is 0 Å². The Bertz CT molecular complexity index is 626. The molecule has 1 saturated heterocycles. The predicted octanol–water partition coefficient (Wildman–Crippen LogP) is 3.46. The standard InChI is InChI=1S/C16H21N3S/c1-3-12-10-19(6-7-20-12)16-5-4-15(17)14-9-18-11(2)8-13(14)16/h4-5,8-9,12H,3,6-7,10,17H2,1-2H3. The van der Waals surface area contributed by atoms with Crippen LogP contribution >= 0.6 is 11.8 Å². The van der Waals surface area contributed by atoms with Crippen LogP contribution < -0.4 is 10.6 Å². The van der Waals surface area contributed by atoms with Crippen LogP contribution in [0.2, 0.25) is 0 Å². The van der Waals surface area contributed by atoms with Gasteiger partial charge < -0.3 is 10.6 Å². The van der Waals surface area contributed by atoms with E-state index in [4.69, 9.17) is 5.73 Å². The van der Waals surface area contributed by atoms with Crippen LogP contribution in [-0.4, -0.2) is 29.1 Å². The van der Waals surface area contributed by atoms with Gasteiger partial charge in [-0.15, -0.1) is 0 Å². The van der Waals surface area contributed by atoms with E-state index in [2.05, 4.69) is 40.7 Å². The first kappa shape index (κ1) is 13.6. The van der Waals surface area contributed by atoms with E-state index in [-0.39, 0.29) is 0 Å². The maximum absolute atomic E-state index is 6.10. The summed E-state index contributed by atoms with van der Waals surface area (Å²) >= 11 is 2.09. The molecule has 2 heterocycles. The molecular formula is C16H21N3S. The zero-order valence-corrected chi connectivity index (χ0v) is 12.9. The molecule has 0 radical (unpaired) electrons. The number of aryl methyl sites for hydroxylation is 1. The number of anilines is 2. The van der Waals surface area contributed by atoms with Gasteiger partial charge in [-0.2, -0.15) is 11.8 Å². The third kappa shape index (κ3) is 2.44. The first-order valence-corrected chi connectivity index (χ1v) is 8.25. The minimum Gasteiger partial charge on any atom is -0.398 e. The summed E-state index contributed by atoms with van der Waals surface area (Å²) in [6, 6.07) is 6.33. The first-order valence-electron chi connectivity index (χ1n) is 7.20. The molecule has 2 N–H and O–H groups in total. The van der Waals surface area contributed by atoms with Crippen LogP contribution in [0.3, 0.4) is 0 Å². The Morgan fingerprint density at radius 3 is 3.05 bits per heavy atom. The third-order valence-electron chi connectivity index (χ3n) is 3.98. The molecule has 2 aromatic rings. The fraction of sp³-hybridized carbons (Fsp3) is 0.438. The van der Waals surface area contributed by atoms with E-state index in [1.54, 1.807) is 0 Å². The van der Waals surface area contributed by atoms with Crippen molar-refractivity contribution < 1.29 is 0 Å². The number of pyridine rings is 1. The van der Waals surface area contributed by atoms with Gasteiger partial charge >= 0.3 is 0 Å². The van der Waals surface area contributed by atoms with Gasteiger partial charge in [0.1, 0.15) is 0 Å². The number of aromatic nitrogens is 1. The van der Waals surface area contributed by atoms with E-state index < -0.39 is 0 Å². The van der Waals surface area contributed by atoms with Crippen molar-refractivity contribution in [1.82, 2.24) is 4.98 Å². The van der Waals surface area contributed by atoms with E-state index in [1.807, 2.05) is 19.2 Å². The van der Waals surface area contributed by atoms with Crippen LogP contribution in [0, 0.1) is 6.92 Å². The zero-order valence-electron chi connectivity index (χ0n) is 12.1. The van der Waals surface area contributed by atoms with Gasteiger partial charge in [0.2, 0.25) is 0 Å². The number of benzene rings is 1. The summed E-state index contributed by atoms with van der Waals surface area (Å²) in [4.78, 5) is 6.89. The van der Waals surface area contributed by atoms with Crippen LogP contribution in [0.5, 0.6) is 0 Å². The lowest BCUT2D eigenvalue weighted by atomic mass is 10.1. The molecule has 1 unspecified atom stereocenters. The highest BCUT2D eigenvalue weighted by Gasteiger charge is 2.21. The third-order valence-corrected chi connectivity index (χ3v) is 5.36. The SMILES string of the molecule is CCC1CN(c2ccc(N)c3cnc(C)cc23)CCS1. The summed E-state index contributed by atoms with van der Waals surface area (Å²) in [6.07, 6.45) is 3.13. The second-order valence-electron chi connectivity index (χ2n) is 5.39. The number of hydrogen-bond donors (Lipinski definition) is 1. The summed E-state index contributed by atoms with van der Waals surface area (Å²) in [6.45, 7) is 6.55. The summed E-state index contributed by atoms with van der Waals surface area (Å²) in [5, 5.41) is 3.04. The Balaban J connectivity index is 2.07. The maximum Gasteiger partial charge on any atom is 0.0449 e. The summed E-state index contributed by atoms with van der Waals surface area (Å²) in [7, 11) is 0. The molecule has 0 amide bonds. The number of hydrogen-bond acceptors (Lipinski definition) is 4. The monoisotopic (exact) mass is 287 g/mol. The lowest BCUT2D eigenvalue weighted by molar-refractivity contribution is 0.730. The minimum atomic E-state index is 0.735. The maximum atomic E-state index is 6.10. The van der Waals surface area contributed by atoms with Gasteiger partial charge in [-0.25, -0.2) is 0 Å². The molecule has 0 aliphatic carbocycles. The highest BCUT2D eigenvalue weighted by atomic mass is 32.2. The molecule has 1 aromatic heterocycles. The average molecular weight is 287 g/mol. The van der Waals surface area contributed by atoms with E-state index in [0.717, 1.165) is 35.1 Å². The molecule has 0 bridgehead atoms. The second kappa shape index (κ2) is 5.52. The molecule has 106 valence electrons. The highest BCUT2D eigenvalue weighted by Crippen LogP contribution is 2.34. The molecule has 0 saturated carbocycles. The fourth-order valence-electron chi connectivity index (χ4n) is 2.81. The van der Waals surface area contributed by atoms with Crippen molar-refractivity contribution in [2.75, 3.05) is 29.5 Å². The van der Waals surface area contributed by atoms with Crippen molar-refractivity contribution in [2.45, 2.75) is 25.5 Å². The summed E-state index contributed by atoms with van der Waals surface area (Å²) in [5.41, 5.74) is 9.26. The van der Waals surface area contributed by atoms with Gasteiger partial charge in [0.05, 0.1) is 0 Å². The molecule has 1 fully saturated rings. The van der Waals surface area contributed by atoms with Crippen molar-refractivity contribution >= 4 is 33.9 Å². The number of nitrogen functional groups attached to an aromatic ring is 1. The largest absolute Gasteiger partial charge is 0.398 e. The highest BCUT2D eigenvalue weighted by molar-refractivity contribution is 8.00. The lowest BCUT2D eigenvalue weighted by Gasteiger charge is -2.34. The predicted molar refractivity (Wildman–Crippen MR) is 89.6 cm³/mol. The van der Waals surface area contributed by atoms with Crippen molar-refractivity contribution in [2.24, 2.45) is 0 Å². The van der Waals surface area contributed by atoms with Crippen LogP contribution in [0.4, 0.5) is 11.4 Å². The Hall–Kier alpha value is -1.42. The van der Waals surface area contributed by atoms with Crippen LogP contribution in [-0.2, 0) is 0 Å². The lowest BCUT2D eigenvalue weighted by Crippen LogP contribution is -2.37. The van der Waals surface area contributed by atoms with Crippen molar-refractivity contribution in [1.29, 1.82) is 0 Å². The molecule has 0 spiro atoms. The Morgan fingerprint density at radius 1 is 1.40 bits per heavy atom. The summed E-state index contributed by atoms with van der Waals surface area (Å²) in [5.74, 6) is 1.20. The molecule has 1 aliphatic heterocycles. The van der Waals surface area contributed by atoms with Crippen LogP contribution in [0.1, 0.15) is 19.0 Å². The topological polar surface area (TPSA) is 42.1 Å². The molecule has 20 heavy (non-hydrogen) atoms. The van der Waals surface area contributed by atoms with Crippen molar-refractivity contribution in [3.05, 3.63) is 30.1 Å². The molecule has 4 heteroatoms. The van der Waals surface area contributed by atoms with Gasteiger partial charge in [-0.05, 0) is 31.5 Å². The first-order chi connectivity index (χ1) is 9.69. The molecular weight excluding hydrogens is 266 g/mol. The van der Waals surface area contributed by atoms with Crippen LogP contribution in [0.15, 0.2) is 24.4 Å². The van der Waals surface area contributed by atoms with Gasteiger partial charge in [0.15, 0.2) is 0 Å². The normalized spacial score (nSPS) is 19.5. The van der Waals surface area contributed by atoms with Crippen LogP contribution in [0.25, 0.3) is 10.8 Å². The van der Waals surface area contributed by atoms with Gasteiger partial charge in [0, 0.05) is 58.1 Å². The van der Waals surface area contributed by atoms with E-state index in [1.165, 1.54) is 23.2 Å². The van der Waals surface area contributed by atoms with Crippen molar-refractivity contribution in [3.63, 3.8) is 0 Å². The Morgan fingerprint density at radius 2 is 2.25 bits per heavy atom. The molecule has 1 aromatic carbocycles. The van der Waals surface area contributed by atoms with Gasteiger partial charge in [0.25, 0.3) is 0 Å². The molecule has 1 aliphatic rings. The quantitative estimate of drug-likeness (QED) is 0.859. The van der Waals surface area contributed by atoms with Gasteiger partial charge in [-0.3, -0.25) is 4.98 Å². The second-order valence-corrected chi connectivity index (χ2v) is 6.80. The van der Waals surface area contributed by atoms with Crippen molar-refractivity contribution in [3.8, 4) is 0 Å². The number of nitrogens with two attached hydrogens (primary N) is 1. The minimum absolute atomic E-state index is 0.735. The Labute approximate surface area is 124 Å². The summed E-state index contributed by atoms with van der Waals surface area (Å²) < 4.78 is 0. The number of rotatable bonds is 2. The number of nitrogens with zero attached hydrogens (tertiary/aromatic N) is 2. The zero-order chi connectivity index (χ0) is 14.1. The number of fused-ring (bicyclic) bond motifs is 1. The molecule has 3 nitrogen and oxygen atoms in total. The van der Waals surface area contributed by atoms with E-state index in [0.29, 0.717) is 0 Å². The molecule has 1 atom stereocenters. The smallest absolute Gasteiger partial charge is 0.0449 e. The molecule has 3 rings (SSSR count). The Kier molecular flexibility index (Phi) is 3.74. The van der Waals surface area contributed by atoms with E-state index in [9.17, 15) is 0 Å². The average Bonchev–Trinajstić information content (AvgIpc) is 2.47. The van der Waals surface area contributed by atoms with Gasteiger partial charge in [-0.1, -0.05) is 6.92 Å².